The van der Waals surface area contributed by atoms with Gasteiger partial charge in [0.05, 0.1) is 21.3 Å². The van der Waals surface area contributed by atoms with Gasteiger partial charge in [0.25, 0.3) is 0 Å². The molecule has 1 nitrogen and oxygen atoms in total. The molecule has 0 aliphatic heterocycles. The summed E-state index contributed by atoms with van der Waals surface area (Å²) in [6.45, 7) is 2.41. The van der Waals surface area contributed by atoms with E-state index in [9.17, 15) is 0 Å². The molecule has 0 fully saturated rings. The van der Waals surface area contributed by atoms with Crippen LogP contribution in [0.15, 0.2) is 24.3 Å². The third-order valence-corrected chi connectivity index (χ3v) is 4.99. The van der Waals surface area contributed by atoms with Gasteiger partial charge in [0.2, 0.25) is 0 Å². The molecular formula is C13H10Cl4OS. The van der Waals surface area contributed by atoms with Gasteiger partial charge in [-0.15, -0.1) is 22.9 Å². The number of alkyl halides is 1. The largest absolute Gasteiger partial charge is 0.492 e. The van der Waals surface area contributed by atoms with Crippen molar-refractivity contribution < 1.29 is 4.74 Å². The van der Waals surface area contributed by atoms with Crippen LogP contribution in [0.5, 0.6) is 5.75 Å². The SMILES string of the molecule is CCOc1cc(Cl)c(C(Cl)c2ccc(Cl)s2)cc1Cl. The van der Waals surface area contributed by atoms with E-state index in [1.54, 1.807) is 18.2 Å². The number of ether oxygens (including phenoxy) is 1. The highest BCUT2D eigenvalue weighted by molar-refractivity contribution is 7.16. The summed E-state index contributed by atoms with van der Waals surface area (Å²) < 4.78 is 6.07. The van der Waals surface area contributed by atoms with Crippen LogP contribution in [0.2, 0.25) is 14.4 Å². The van der Waals surface area contributed by atoms with Gasteiger partial charge in [0.1, 0.15) is 5.75 Å². The molecule has 6 heteroatoms. The molecule has 1 aromatic carbocycles. The summed E-state index contributed by atoms with van der Waals surface area (Å²) in [6, 6.07) is 7.11. The Bertz CT molecular complexity index is 582. The van der Waals surface area contributed by atoms with Crippen LogP contribution in [0.3, 0.4) is 0 Å². The molecule has 0 aliphatic carbocycles. The molecule has 2 rings (SSSR count). The van der Waals surface area contributed by atoms with Crippen molar-refractivity contribution in [2.45, 2.75) is 12.3 Å². The van der Waals surface area contributed by atoms with E-state index in [1.807, 2.05) is 13.0 Å². The molecule has 2 aromatic rings. The molecule has 1 atom stereocenters. The highest BCUT2D eigenvalue weighted by Crippen LogP contribution is 2.41. The Morgan fingerprint density at radius 1 is 1.16 bits per heavy atom. The van der Waals surface area contributed by atoms with Gasteiger partial charge in [0.15, 0.2) is 0 Å². The standard InChI is InChI=1S/C13H10Cl4OS/c1-2-18-10-6-8(14)7(5-9(10)15)13(17)11-3-4-12(16)19-11/h3-6,13H,2H2,1H3. The molecule has 0 aliphatic rings. The molecule has 19 heavy (non-hydrogen) atoms. The van der Waals surface area contributed by atoms with Crippen LogP contribution in [0.4, 0.5) is 0 Å². The highest BCUT2D eigenvalue weighted by atomic mass is 35.5. The van der Waals surface area contributed by atoms with Crippen LogP contribution in [0, 0.1) is 0 Å². The highest BCUT2D eigenvalue weighted by Gasteiger charge is 2.18. The molecule has 102 valence electrons. The molecular weight excluding hydrogens is 346 g/mol. The minimum absolute atomic E-state index is 0.377. The van der Waals surface area contributed by atoms with Crippen LogP contribution in [0.25, 0.3) is 0 Å². The number of hydrogen-bond acceptors (Lipinski definition) is 2. The molecule has 0 amide bonds. The van der Waals surface area contributed by atoms with Crippen molar-refractivity contribution in [2.24, 2.45) is 0 Å². The van der Waals surface area contributed by atoms with Gasteiger partial charge in [-0.2, -0.15) is 0 Å². The van der Waals surface area contributed by atoms with Crippen LogP contribution >= 0.6 is 57.7 Å². The molecule has 1 unspecified atom stereocenters. The molecule has 0 spiro atoms. The van der Waals surface area contributed by atoms with Crippen molar-refractivity contribution in [2.75, 3.05) is 6.61 Å². The van der Waals surface area contributed by atoms with E-state index in [-0.39, 0.29) is 5.38 Å². The number of halogens is 4. The van der Waals surface area contributed by atoms with Crippen molar-refractivity contribution in [1.82, 2.24) is 0 Å². The lowest BCUT2D eigenvalue weighted by atomic mass is 10.1. The van der Waals surface area contributed by atoms with E-state index >= 15 is 0 Å². The van der Waals surface area contributed by atoms with Gasteiger partial charge in [0, 0.05) is 16.0 Å². The first kappa shape index (κ1) is 15.3. The third-order valence-electron chi connectivity index (χ3n) is 2.47. The Labute approximate surface area is 136 Å². The molecule has 1 aromatic heterocycles. The lowest BCUT2D eigenvalue weighted by Gasteiger charge is -2.13. The smallest absolute Gasteiger partial charge is 0.139 e. The lowest BCUT2D eigenvalue weighted by molar-refractivity contribution is 0.340. The second kappa shape index (κ2) is 6.55. The van der Waals surface area contributed by atoms with Crippen molar-refractivity contribution >= 4 is 57.7 Å². The maximum Gasteiger partial charge on any atom is 0.139 e. The van der Waals surface area contributed by atoms with E-state index in [2.05, 4.69) is 0 Å². The Hall–Kier alpha value is -0.120. The summed E-state index contributed by atoms with van der Waals surface area (Å²) in [5.74, 6) is 0.561. The second-order valence-corrected chi connectivity index (χ2v) is 6.74. The van der Waals surface area contributed by atoms with Crippen molar-refractivity contribution in [1.29, 1.82) is 0 Å². The molecule has 0 N–H and O–H groups in total. The summed E-state index contributed by atoms with van der Waals surface area (Å²) in [4.78, 5) is 0.925. The van der Waals surface area contributed by atoms with Crippen molar-refractivity contribution in [3.8, 4) is 5.75 Å². The zero-order chi connectivity index (χ0) is 14.0. The first-order chi connectivity index (χ1) is 9.02. The van der Waals surface area contributed by atoms with Gasteiger partial charge in [-0.3, -0.25) is 0 Å². The number of thiophene rings is 1. The Balaban J connectivity index is 2.37. The zero-order valence-electron chi connectivity index (χ0n) is 9.92. The summed E-state index contributed by atoms with van der Waals surface area (Å²) in [5.41, 5.74) is 0.746. The Morgan fingerprint density at radius 2 is 1.89 bits per heavy atom. The fourth-order valence-corrected chi connectivity index (χ4v) is 3.61. The number of hydrogen-bond donors (Lipinski definition) is 0. The van der Waals surface area contributed by atoms with Gasteiger partial charge in [-0.05, 0) is 30.7 Å². The maximum absolute atomic E-state index is 6.42. The van der Waals surface area contributed by atoms with Crippen molar-refractivity contribution in [3.05, 3.63) is 49.1 Å². The first-order valence-electron chi connectivity index (χ1n) is 5.54. The van der Waals surface area contributed by atoms with E-state index in [4.69, 9.17) is 51.1 Å². The monoisotopic (exact) mass is 354 g/mol. The predicted octanol–water partition coefficient (Wildman–Crippen LogP) is 6.44. The number of benzene rings is 1. The first-order valence-corrected chi connectivity index (χ1v) is 7.92. The van der Waals surface area contributed by atoms with Gasteiger partial charge >= 0.3 is 0 Å². The molecule has 0 radical (unpaired) electrons. The maximum atomic E-state index is 6.42. The second-order valence-electron chi connectivity index (χ2n) is 3.74. The third kappa shape index (κ3) is 3.50. The van der Waals surface area contributed by atoms with Crippen LogP contribution in [-0.4, -0.2) is 6.61 Å². The van der Waals surface area contributed by atoms with E-state index in [0.29, 0.717) is 26.7 Å². The summed E-state index contributed by atoms with van der Waals surface area (Å²) >= 11 is 26.1. The average Bonchev–Trinajstić information content (AvgIpc) is 2.79. The Kier molecular flexibility index (Phi) is 5.27. The van der Waals surface area contributed by atoms with Gasteiger partial charge < -0.3 is 4.74 Å². The zero-order valence-corrected chi connectivity index (χ0v) is 13.8. The lowest BCUT2D eigenvalue weighted by Crippen LogP contribution is -1.96. The molecule has 0 saturated carbocycles. The van der Waals surface area contributed by atoms with Gasteiger partial charge in [-0.1, -0.05) is 34.8 Å². The molecule has 1 heterocycles. The fraction of sp³-hybridized carbons (Fsp3) is 0.231. The van der Waals surface area contributed by atoms with Crippen LogP contribution < -0.4 is 4.74 Å². The topological polar surface area (TPSA) is 9.23 Å². The Morgan fingerprint density at radius 3 is 2.47 bits per heavy atom. The summed E-state index contributed by atoms with van der Waals surface area (Å²) in [7, 11) is 0. The van der Waals surface area contributed by atoms with Crippen molar-refractivity contribution in [3.63, 3.8) is 0 Å². The van der Waals surface area contributed by atoms with E-state index < -0.39 is 0 Å². The van der Waals surface area contributed by atoms with Crippen LogP contribution in [-0.2, 0) is 0 Å². The van der Waals surface area contributed by atoms with E-state index in [0.717, 1.165) is 10.4 Å². The predicted molar refractivity (Wildman–Crippen MR) is 84.7 cm³/mol. The summed E-state index contributed by atoms with van der Waals surface area (Å²) in [6.07, 6.45) is 0. The minimum atomic E-state index is -0.377. The minimum Gasteiger partial charge on any atom is -0.492 e. The van der Waals surface area contributed by atoms with Gasteiger partial charge in [-0.25, -0.2) is 0 Å². The van der Waals surface area contributed by atoms with Crippen LogP contribution in [0.1, 0.15) is 22.7 Å². The number of rotatable bonds is 4. The van der Waals surface area contributed by atoms with E-state index in [1.165, 1.54) is 11.3 Å². The fourth-order valence-electron chi connectivity index (χ4n) is 1.62. The summed E-state index contributed by atoms with van der Waals surface area (Å²) in [5, 5.41) is 0.644. The normalized spacial score (nSPS) is 12.5. The average molecular weight is 356 g/mol. The quantitative estimate of drug-likeness (QED) is 0.573. The molecule has 0 bridgehead atoms. The molecule has 0 saturated heterocycles.